The Labute approximate surface area is 189 Å². The summed E-state index contributed by atoms with van der Waals surface area (Å²) in [4.78, 5) is 35.6. The Morgan fingerprint density at radius 1 is 0.970 bits per heavy atom. The van der Waals surface area contributed by atoms with Gasteiger partial charge in [-0.1, -0.05) is 30.3 Å². The van der Waals surface area contributed by atoms with Gasteiger partial charge in [-0.2, -0.15) is 4.31 Å². The molecular weight excluding hydrogens is 458 g/mol. The lowest BCUT2D eigenvalue weighted by atomic mass is 9.98. The Morgan fingerprint density at radius 2 is 1.64 bits per heavy atom. The fourth-order valence-corrected chi connectivity index (χ4v) is 4.87. The van der Waals surface area contributed by atoms with Gasteiger partial charge in [0.05, 0.1) is 17.2 Å². The number of benzene rings is 2. The number of amides is 2. The molecule has 0 spiro atoms. The van der Waals surface area contributed by atoms with E-state index in [4.69, 9.17) is 4.74 Å². The Balaban J connectivity index is 1.44. The summed E-state index contributed by atoms with van der Waals surface area (Å²) in [5, 5.41) is 2.14. The zero-order valence-electron chi connectivity index (χ0n) is 17.5. The van der Waals surface area contributed by atoms with E-state index in [1.807, 2.05) is 0 Å². The van der Waals surface area contributed by atoms with E-state index in [0.29, 0.717) is 6.07 Å². The molecule has 2 aromatic carbocycles. The number of hydrogen-bond acceptors (Lipinski definition) is 6. The third-order valence-corrected chi connectivity index (χ3v) is 7.04. The van der Waals surface area contributed by atoms with Crippen molar-refractivity contribution in [3.05, 3.63) is 65.7 Å². The van der Waals surface area contributed by atoms with Crippen molar-refractivity contribution in [2.45, 2.75) is 24.2 Å². The summed E-state index contributed by atoms with van der Waals surface area (Å²) in [5.41, 5.74) is 0.727. The van der Waals surface area contributed by atoms with Crippen LogP contribution in [0.5, 0.6) is 0 Å². The van der Waals surface area contributed by atoms with Gasteiger partial charge in [-0.15, -0.1) is 0 Å². The first-order chi connectivity index (χ1) is 15.7. The minimum Gasteiger partial charge on any atom is -0.455 e. The van der Waals surface area contributed by atoms with Gasteiger partial charge in [0, 0.05) is 13.1 Å². The minimum absolute atomic E-state index is 0.00537. The first-order valence-corrected chi connectivity index (χ1v) is 11.6. The van der Waals surface area contributed by atoms with Crippen molar-refractivity contribution in [1.82, 2.24) is 9.62 Å². The number of sulfonamides is 1. The first-order valence-electron chi connectivity index (χ1n) is 10.2. The molecule has 33 heavy (non-hydrogen) atoms. The molecule has 2 amide bonds. The Morgan fingerprint density at radius 3 is 2.27 bits per heavy atom. The van der Waals surface area contributed by atoms with Gasteiger partial charge in [-0.25, -0.2) is 17.2 Å². The summed E-state index contributed by atoms with van der Waals surface area (Å²) in [6.07, 6.45) is 0.276. The second-order valence-corrected chi connectivity index (χ2v) is 9.43. The number of ether oxygens (including phenoxy) is 1. The van der Waals surface area contributed by atoms with Crippen LogP contribution < -0.4 is 5.32 Å². The molecule has 0 unspecified atom stereocenters. The maximum atomic E-state index is 13.4. The SMILES string of the molecule is O=C(COC(=O)C1CCN(S(=O)(=O)c2ccc(F)c(F)c2)CC1)NC(=O)Cc1ccccc1. The van der Waals surface area contributed by atoms with Crippen LogP contribution in [0.2, 0.25) is 0 Å². The summed E-state index contributed by atoms with van der Waals surface area (Å²) in [5.74, 6) is -5.02. The topological polar surface area (TPSA) is 110 Å². The maximum Gasteiger partial charge on any atom is 0.309 e. The van der Waals surface area contributed by atoms with Crippen LogP contribution in [0.1, 0.15) is 18.4 Å². The second kappa shape index (κ2) is 10.6. The van der Waals surface area contributed by atoms with Crippen LogP contribution in [-0.2, 0) is 35.6 Å². The zero-order valence-corrected chi connectivity index (χ0v) is 18.3. The Hall–Kier alpha value is -3.18. The minimum atomic E-state index is -4.04. The van der Waals surface area contributed by atoms with Gasteiger partial charge >= 0.3 is 5.97 Å². The van der Waals surface area contributed by atoms with E-state index in [0.717, 1.165) is 22.0 Å². The monoisotopic (exact) mass is 480 g/mol. The molecule has 11 heteroatoms. The number of imide groups is 1. The van der Waals surface area contributed by atoms with Crippen molar-refractivity contribution in [3.8, 4) is 0 Å². The lowest BCUT2D eigenvalue weighted by Crippen LogP contribution is -2.41. The highest BCUT2D eigenvalue weighted by atomic mass is 32.2. The molecular formula is C22H22F2N2O6S. The predicted octanol–water partition coefficient (Wildman–Crippen LogP) is 1.79. The molecule has 1 fully saturated rings. The highest BCUT2D eigenvalue weighted by Gasteiger charge is 2.33. The summed E-state index contributed by atoms with van der Waals surface area (Å²) in [6, 6.07) is 11.1. The van der Waals surface area contributed by atoms with Crippen LogP contribution in [0.15, 0.2) is 53.4 Å². The van der Waals surface area contributed by atoms with Gasteiger partial charge in [0.1, 0.15) is 0 Å². The number of esters is 1. The van der Waals surface area contributed by atoms with Crippen molar-refractivity contribution in [2.24, 2.45) is 5.92 Å². The van der Waals surface area contributed by atoms with E-state index in [1.165, 1.54) is 0 Å². The van der Waals surface area contributed by atoms with Crippen LogP contribution in [0.3, 0.4) is 0 Å². The number of hydrogen-bond donors (Lipinski definition) is 1. The number of carbonyl (C=O) groups excluding carboxylic acids is 3. The van der Waals surface area contributed by atoms with E-state index in [1.54, 1.807) is 30.3 Å². The average molecular weight is 480 g/mol. The summed E-state index contributed by atoms with van der Waals surface area (Å²) in [6.45, 7) is -0.682. The van der Waals surface area contributed by atoms with E-state index in [2.05, 4.69) is 5.32 Å². The highest BCUT2D eigenvalue weighted by molar-refractivity contribution is 7.89. The lowest BCUT2D eigenvalue weighted by molar-refractivity contribution is -0.154. The van der Waals surface area contributed by atoms with E-state index in [9.17, 15) is 31.6 Å². The average Bonchev–Trinajstić information content (AvgIpc) is 2.79. The largest absolute Gasteiger partial charge is 0.455 e. The number of piperidine rings is 1. The Bertz CT molecular complexity index is 1130. The molecule has 1 aliphatic heterocycles. The second-order valence-electron chi connectivity index (χ2n) is 7.50. The smallest absolute Gasteiger partial charge is 0.309 e. The van der Waals surface area contributed by atoms with Gasteiger partial charge in [0.25, 0.3) is 5.91 Å². The Kier molecular flexibility index (Phi) is 7.88. The third-order valence-electron chi connectivity index (χ3n) is 5.15. The fourth-order valence-electron chi connectivity index (χ4n) is 3.39. The molecule has 0 saturated carbocycles. The number of halogens is 2. The van der Waals surface area contributed by atoms with Crippen molar-refractivity contribution < 1.29 is 36.3 Å². The summed E-state index contributed by atoms with van der Waals surface area (Å²) in [7, 11) is -4.04. The quantitative estimate of drug-likeness (QED) is 0.606. The van der Waals surface area contributed by atoms with Crippen LogP contribution in [-0.4, -0.2) is 50.2 Å². The van der Waals surface area contributed by atoms with E-state index >= 15 is 0 Å². The molecule has 2 aromatic rings. The number of rotatable bonds is 7. The molecule has 1 heterocycles. The fraction of sp³-hybridized carbons (Fsp3) is 0.318. The van der Waals surface area contributed by atoms with Crippen molar-refractivity contribution in [1.29, 1.82) is 0 Å². The van der Waals surface area contributed by atoms with Crippen molar-refractivity contribution >= 4 is 27.8 Å². The van der Waals surface area contributed by atoms with Crippen LogP contribution in [0.4, 0.5) is 8.78 Å². The van der Waals surface area contributed by atoms with Gasteiger partial charge in [-0.05, 0) is 36.6 Å². The molecule has 1 aliphatic rings. The first kappa shape index (κ1) is 24.5. The standard InChI is InChI=1S/C22H22F2N2O6S/c23-18-7-6-17(13-19(18)24)33(30,31)26-10-8-16(9-11-26)22(29)32-14-21(28)25-20(27)12-15-4-2-1-3-5-15/h1-7,13,16H,8-12,14H2,(H,25,27,28). The zero-order chi connectivity index (χ0) is 24.0. The number of carbonyl (C=O) groups is 3. The number of nitrogens with one attached hydrogen (secondary N) is 1. The van der Waals surface area contributed by atoms with E-state index in [-0.39, 0.29) is 37.2 Å². The molecule has 0 radical (unpaired) electrons. The lowest BCUT2D eigenvalue weighted by Gasteiger charge is -2.30. The van der Waals surface area contributed by atoms with Crippen molar-refractivity contribution in [2.75, 3.05) is 19.7 Å². The molecule has 8 nitrogen and oxygen atoms in total. The summed E-state index contributed by atoms with van der Waals surface area (Å²) >= 11 is 0. The molecule has 0 aliphatic carbocycles. The number of nitrogens with zero attached hydrogens (tertiary/aromatic N) is 1. The summed E-state index contributed by atoms with van der Waals surface area (Å²) < 4.78 is 57.8. The van der Waals surface area contributed by atoms with Crippen LogP contribution in [0, 0.1) is 17.6 Å². The van der Waals surface area contributed by atoms with Crippen LogP contribution in [0.25, 0.3) is 0 Å². The van der Waals surface area contributed by atoms with Gasteiger partial charge in [0.2, 0.25) is 15.9 Å². The highest BCUT2D eigenvalue weighted by Crippen LogP contribution is 2.25. The molecule has 1 saturated heterocycles. The molecule has 3 rings (SSSR count). The van der Waals surface area contributed by atoms with Crippen molar-refractivity contribution in [3.63, 3.8) is 0 Å². The van der Waals surface area contributed by atoms with Crippen LogP contribution >= 0.6 is 0 Å². The third kappa shape index (κ3) is 6.42. The normalized spacial score (nSPS) is 15.1. The van der Waals surface area contributed by atoms with Gasteiger partial charge < -0.3 is 4.74 Å². The maximum absolute atomic E-state index is 13.4. The molecule has 0 bridgehead atoms. The molecule has 0 atom stereocenters. The molecule has 1 N–H and O–H groups in total. The van der Waals surface area contributed by atoms with E-state index < -0.39 is 52.0 Å². The predicted molar refractivity (Wildman–Crippen MR) is 112 cm³/mol. The van der Waals surface area contributed by atoms with Gasteiger partial charge in [-0.3, -0.25) is 19.7 Å². The molecule has 176 valence electrons. The molecule has 0 aromatic heterocycles. The van der Waals surface area contributed by atoms with Gasteiger partial charge in [0.15, 0.2) is 18.2 Å².